The van der Waals surface area contributed by atoms with Gasteiger partial charge in [-0.05, 0) is 17.5 Å². The van der Waals surface area contributed by atoms with Crippen LogP contribution in [0.5, 0.6) is 0 Å². The quantitative estimate of drug-likeness (QED) is 0.646. The summed E-state index contributed by atoms with van der Waals surface area (Å²) in [7, 11) is 0. The van der Waals surface area contributed by atoms with E-state index in [4.69, 9.17) is 9.47 Å². The number of amides is 1. The van der Waals surface area contributed by atoms with Crippen LogP contribution in [0.3, 0.4) is 0 Å². The Hall–Kier alpha value is -2.80. The van der Waals surface area contributed by atoms with Gasteiger partial charge in [0, 0.05) is 13.5 Å². The third kappa shape index (κ3) is 8.26. The van der Waals surface area contributed by atoms with Crippen molar-refractivity contribution in [3.05, 3.63) is 71.8 Å². The van der Waals surface area contributed by atoms with Crippen LogP contribution in [-0.2, 0) is 32.3 Å². The lowest BCUT2D eigenvalue weighted by molar-refractivity contribution is -0.144. The van der Waals surface area contributed by atoms with Gasteiger partial charge in [0.2, 0.25) is 0 Å². The molecule has 0 aromatic heterocycles. The van der Waals surface area contributed by atoms with Crippen LogP contribution in [0, 0.1) is 0 Å². The second-order valence-electron chi connectivity index (χ2n) is 5.97. The molecule has 28 heavy (non-hydrogen) atoms. The Morgan fingerprint density at radius 1 is 0.893 bits per heavy atom. The van der Waals surface area contributed by atoms with Crippen LogP contribution in [0.4, 0.5) is 4.79 Å². The molecule has 7 heteroatoms. The lowest BCUT2D eigenvalue weighted by atomic mass is 10.2. The predicted molar refractivity (Wildman–Crippen MR) is 108 cm³/mol. The van der Waals surface area contributed by atoms with E-state index in [1.54, 1.807) is 0 Å². The van der Waals surface area contributed by atoms with Crippen LogP contribution < -0.4 is 5.32 Å². The number of alkyl carbamates (subject to hydrolysis) is 1. The first-order valence-corrected chi connectivity index (χ1v) is 9.75. The maximum atomic E-state index is 12.3. The predicted octanol–water partition coefficient (Wildman–Crippen LogP) is 3.69. The number of carbonyl (C=O) groups is 3. The Labute approximate surface area is 168 Å². The van der Waals surface area contributed by atoms with Crippen molar-refractivity contribution in [1.82, 2.24) is 5.32 Å². The minimum atomic E-state index is -0.685. The molecule has 0 aliphatic carbocycles. The van der Waals surface area contributed by atoms with E-state index in [-0.39, 0.29) is 31.3 Å². The SMILES string of the molecule is CC(=O)SC(CCNC(=O)OCc1ccccc1)C(=O)OCc1ccccc1. The number of rotatable bonds is 9. The van der Waals surface area contributed by atoms with Gasteiger partial charge in [0.05, 0.1) is 0 Å². The number of nitrogens with one attached hydrogen (secondary N) is 1. The van der Waals surface area contributed by atoms with Crippen molar-refractivity contribution >= 4 is 28.9 Å². The summed E-state index contributed by atoms with van der Waals surface area (Å²) in [6, 6.07) is 18.6. The largest absolute Gasteiger partial charge is 0.460 e. The highest BCUT2D eigenvalue weighted by Gasteiger charge is 2.23. The lowest BCUT2D eigenvalue weighted by Crippen LogP contribution is -2.30. The summed E-state index contributed by atoms with van der Waals surface area (Å²) in [4.78, 5) is 35.5. The van der Waals surface area contributed by atoms with Gasteiger partial charge in [-0.25, -0.2) is 4.79 Å². The number of benzene rings is 2. The summed E-state index contributed by atoms with van der Waals surface area (Å²) in [6.07, 6.45) is -0.314. The summed E-state index contributed by atoms with van der Waals surface area (Å²) < 4.78 is 10.4. The summed E-state index contributed by atoms with van der Waals surface area (Å²) >= 11 is 0.899. The molecule has 2 rings (SSSR count). The number of thioether (sulfide) groups is 1. The van der Waals surface area contributed by atoms with E-state index < -0.39 is 17.3 Å². The molecule has 1 N–H and O–H groups in total. The highest BCUT2D eigenvalue weighted by molar-refractivity contribution is 8.14. The van der Waals surface area contributed by atoms with Crippen molar-refractivity contribution < 1.29 is 23.9 Å². The van der Waals surface area contributed by atoms with Crippen LogP contribution in [0.1, 0.15) is 24.5 Å². The molecule has 0 bridgehead atoms. The number of hydrogen-bond donors (Lipinski definition) is 1. The smallest absolute Gasteiger partial charge is 0.407 e. The average Bonchev–Trinajstić information content (AvgIpc) is 2.71. The van der Waals surface area contributed by atoms with Gasteiger partial charge >= 0.3 is 12.1 Å². The minimum Gasteiger partial charge on any atom is -0.460 e. The van der Waals surface area contributed by atoms with Gasteiger partial charge in [0.25, 0.3) is 0 Å². The monoisotopic (exact) mass is 401 g/mol. The molecule has 6 nitrogen and oxygen atoms in total. The van der Waals surface area contributed by atoms with Gasteiger partial charge in [-0.3, -0.25) is 9.59 Å². The molecule has 2 aromatic rings. The fraction of sp³-hybridized carbons (Fsp3) is 0.286. The maximum Gasteiger partial charge on any atom is 0.407 e. The Morgan fingerprint density at radius 3 is 1.96 bits per heavy atom. The summed E-state index contributed by atoms with van der Waals surface area (Å²) in [5.74, 6) is -0.483. The molecule has 0 radical (unpaired) electrons. The second-order valence-corrected chi connectivity index (χ2v) is 7.35. The van der Waals surface area contributed by atoms with E-state index in [9.17, 15) is 14.4 Å². The zero-order chi connectivity index (χ0) is 20.2. The molecular weight excluding hydrogens is 378 g/mol. The molecule has 1 unspecified atom stereocenters. The fourth-order valence-corrected chi connectivity index (χ4v) is 3.13. The van der Waals surface area contributed by atoms with Crippen molar-refractivity contribution in [2.24, 2.45) is 0 Å². The molecule has 0 heterocycles. The van der Waals surface area contributed by atoms with Crippen LogP contribution in [0.25, 0.3) is 0 Å². The van der Waals surface area contributed by atoms with Crippen molar-refractivity contribution in [1.29, 1.82) is 0 Å². The fourth-order valence-electron chi connectivity index (χ4n) is 2.33. The van der Waals surface area contributed by atoms with E-state index >= 15 is 0 Å². The third-order valence-corrected chi connectivity index (χ3v) is 4.73. The number of hydrogen-bond acceptors (Lipinski definition) is 6. The second kappa shape index (κ2) is 11.8. The van der Waals surface area contributed by atoms with E-state index in [2.05, 4.69) is 5.32 Å². The minimum absolute atomic E-state index is 0.140. The Bertz CT molecular complexity index is 767. The maximum absolute atomic E-state index is 12.3. The topological polar surface area (TPSA) is 81.7 Å². The number of carbonyl (C=O) groups excluding carboxylic acids is 3. The third-order valence-electron chi connectivity index (χ3n) is 3.68. The zero-order valence-corrected chi connectivity index (χ0v) is 16.4. The van der Waals surface area contributed by atoms with Gasteiger partial charge < -0.3 is 14.8 Å². The van der Waals surface area contributed by atoms with E-state index in [1.165, 1.54) is 6.92 Å². The first kappa shape index (κ1) is 21.5. The summed E-state index contributed by atoms with van der Waals surface area (Å²) in [5, 5.41) is 1.72. The van der Waals surface area contributed by atoms with E-state index in [0.29, 0.717) is 0 Å². The zero-order valence-electron chi connectivity index (χ0n) is 15.6. The highest BCUT2D eigenvalue weighted by atomic mass is 32.2. The van der Waals surface area contributed by atoms with Crippen LogP contribution in [0.15, 0.2) is 60.7 Å². The van der Waals surface area contributed by atoms with Crippen molar-refractivity contribution in [2.75, 3.05) is 6.54 Å². The van der Waals surface area contributed by atoms with Crippen molar-refractivity contribution in [2.45, 2.75) is 31.8 Å². The standard InChI is InChI=1S/C21H23NO5S/c1-16(23)28-19(20(24)26-14-17-8-4-2-5-9-17)12-13-22-21(25)27-15-18-10-6-3-7-11-18/h2-11,19H,12-15H2,1H3,(H,22,25). The van der Waals surface area contributed by atoms with E-state index in [0.717, 1.165) is 22.9 Å². The highest BCUT2D eigenvalue weighted by Crippen LogP contribution is 2.18. The molecule has 0 fully saturated rings. The van der Waals surface area contributed by atoms with Gasteiger partial charge in [0.1, 0.15) is 18.5 Å². The van der Waals surface area contributed by atoms with Crippen molar-refractivity contribution in [3.63, 3.8) is 0 Å². The number of ether oxygens (including phenoxy) is 2. The lowest BCUT2D eigenvalue weighted by Gasteiger charge is -2.15. The Kier molecular flexibility index (Phi) is 9.07. The van der Waals surface area contributed by atoms with E-state index in [1.807, 2.05) is 60.7 Å². The molecular formula is C21H23NO5S. The number of esters is 1. The molecule has 0 saturated carbocycles. The van der Waals surface area contributed by atoms with Crippen molar-refractivity contribution in [3.8, 4) is 0 Å². The van der Waals surface area contributed by atoms with Crippen LogP contribution >= 0.6 is 11.8 Å². The normalized spacial score (nSPS) is 11.3. The van der Waals surface area contributed by atoms with Gasteiger partial charge in [-0.15, -0.1) is 0 Å². The average molecular weight is 401 g/mol. The molecule has 2 aromatic carbocycles. The van der Waals surface area contributed by atoms with Gasteiger partial charge in [0.15, 0.2) is 5.12 Å². The summed E-state index contributed by atoms with van der Waals surface area (Å²) in [5.41, 5.74) is 1.75. The van der Waals surface area contributed by atoms with Crippen LogP contribution in [-0.4, -0.2) is 29.0 Å². The first-order chi connectivity index (χ1) is 13.5. The first-order valence-electron chi connectivity index (χ1n) is 8.87. The molecule has 1 atom stereocenters. The van der Waals surface area contributed by atoms with Crippen LogP contribution in [0.2, 0.25) is 0 Å². The van der Waals surface area contributed by atoms with Gasteiger partial charge in [-0.2, -0.15) is 0 Å². The molecule has 0 aliphatic rings. The molecule has 0 aliphatic heterocycles. The molecule has 0 saturated heterocycles. The van der Waals surface area contributed by atoms with Gasteiger partial charge in [-0.1, -0.05) is 72.4 Å². The Morgan fingerprint density at radius 2 is 1.43 bits per heavy atom. The molecule has 0 spiro atoms. The molecule has 1 amide bonds. The summed E-state index contributed by atoms with van der Waals surface area (Å²) in [6.45, 7) is 1.89. The molecule has 148 valence electrons. The Balaban J connectivity index is 1.75.